The quantitative estimate of drug-likeness (QED) is 0.614. The molecule has 1 aliphatic carbocycles. The zero-order valence-corrected chi connectivity index (χ0v) is 11.9. The van der Waals surface area contributed by atoms with E-state index in [1.165, 1.54) is 17.5 Å². The molecule has 0 N–H and O–H groups in total. The Labute approximate surface area is 120 Å². The van der Waals surface area contributed by atoms with Crippen LogP contribution in [0.5, 0.6) is 5.75 Å². The number of carbonyl (C=O) groups excluding carboxylic acids is 1. The van der Waals surface area contributed by atoms with Gasteiger partial charge in [-0.3, -0.25) is 0 Å². The zero-order valence-electron chi connectivity index (χ0n) is 10.4. The molecule has 0 bridgehead atoms. The molecule has 2 nitrogen and oxygen atoms in total. The molecule has 0 saturated heterocycles. The van der Waals surface area contributed by atoms with E-state index in [-0.39, 0.29) is 5.97 Å². The van der Waals surface area contributed by atoms with E-state index in [1.807, 2.05) is 30.3 Å². The van der Waals surface area contributed by atoms with Crippen LogP contribution in [0.25, 0.3) is 0 Å². The number of hydrogen-bond donors (Lipinski definition) is 0. The van der Waals surface area contributed by atoms with Crippen molar-refractivity contribution < 1.29 is 9.53 Å². The van der Waals surface area contributed by atoms with E-state index in [0.717, 1.165) is 17.3 Å². The maximum absolute atomic E-state index is 12.1. The van der Waals surface area contributed by atoms with E-state index >= 15 is 0 Å². The average molecular weight is 317 g/mol. The maximum atomic E-state index is 12.1. The topological polar surface area (TPSA) is 26.3 Å². The van der Waals surface area contributed by atoms with Gasteiger partial charge in [-0.05, 0) is 70.6 Å². The summed E-state index contributed by atoms with van der Waals surface area (Å²) in [7, 11) is 0. The van der Waals surface area contributed by atoms with Crippen molar-refractivity contribution >= 4 is 21.9 Å². The first-order chi connectivity index (χ1) is 9.24. The second kappa shape index (κ2) is 5.17. The van der Waals surface area contributed by atoms with Gasteiger partial charge in [-0.2, -0.15) is 0 Å². The van der Waals surface area contributed by atoms with Crippen LogP contribution in [0.15, 0.2) is 46.9 Å². The van der Waals surface area contributed by atoms with E-state index in [9.17, 15) is 4.79 Å². The van der Waals surface area contributed by atoms with Gasteiger partial charge >= 0.3 is 5.97 Å². The molecule has 3 rings (SSSR count). The number of benzene rings is 2. The van der Waals surface area contributed by atoms with Crippen LogP contribution in [0.2, 0.25) is 0 Å². The monoisotopic (exact) mass is 316 g/mol. The summed E-state index contributed by atoms with van der Waals surface area (Å²) < 4.78 is 6.19. The first-order valence-corrected chi connectivity index (χ1v) is 7.12. The van der Waals surface area contributed by atoms with Gasteiger partial charge < -0.3 is 4.74 Å². The van der Waals surface area contributed by atoms with Crippen molar-refractivity contribution in [1.82, 2.24) is 0 Å². The third-order valence-corrected chi connectivity index (χ3v) is 4.07. The van der Waals surface area contributed by atoms with Crippen LogP contribution in [0.4, 0.5) is 0 Å². The van der Waals surface area contributed by atoms with Gasteiger partial charge in [-0.25, -0.2) is 4.79 Å². The lowest BCUT2D eigenvalue weighted by atomic mass is 10.1. The molecule has 0 saturated carbocycles. The molecular formula is C16H13BrO2. The standard InChI is InChI=1S/C16H13BrO2/c17-15-7-2-1-6-14(15)16(18)19-13-9-8-11-4-3-5-12(11)10-13/h1-2,6-10H,3-5H2. The molecule has 2 aromatic rings. The van der Waals surface area contributed by atoms with Crippen molar-refractivity contribution in [1.29, 1.82) is 0 Å². The zero-order chi connectivity index (χ0) is 13.2. The number of aryl methyl sites for hydroxylation is 2. The van der Waals surface area contributed by atoms with E-state index in [1.54, 1.807) is 6.07 Å². The Morgan fingerprint density at radius 3 is 2.68 bits per heavy atom. The van der Waals surface area contributed by atoms with Gasteiger partial charge in [0.1, 0.15) is 5.75 Å². The third-order valence-electron chi connectivity index (χ3n) is 3.37. The van der Waals surface area contributed by atoms with Crippen molar-refractivity contribution in [2.45, 2.75) is 19.3 Å². The van der Waals surface area contributed by atoms with Crippen LogP contribution in [0.3, 0.4) is 0 Å². The molecule has 1 aliphatic rings. The van der Waals surface area contributed by atoms with E-state index < -0.39 is 0 Å². The summed E-state index contributed by atoms with van der Waals surface area (Å²) in [5, 5.41) is 0. The summed E-state index contributed by atoms with van der Waals surface area (Å²) in [5.74, 6) is 0.298. The highest BCUT2D eigenvalue weighted by molar-refractivity contribution is 9.10. The number of ether oxygens (including phenoxy) is 1. The van der Waals surface area contributed by atoms with Crippen LogP contribution < -0.4 is 4.74 Å². The molecule has 0 spiro atoms. The van der Waals surface area contributed by atoms with E-state index in [2.05, 4.69) is 22.0 Å². The van der Waals surface area contributed by atoms with Crippen LogP contribution in [0, 0.1) is 0 Å². The number of hydrogen-bond acceptors (Lipinski definition) is 2. The van der Waals surface area contributed by atoms with Gasteiger partial charge in [0.25, 0.3) is 0 Å². The Balaban J connectivity index is 1.82. The lowest BCUT2D eigenvalue weighted by Crippen LogP contribution is -2.09. The van der Waals surface area contributed by atoms with Gasteiger partial charge in [0, 0.05) is 4.47 Å². The van der Waals surface area contributed by atoms with Crippen LogP contribution in [-0.4, -0.2) is 5.97 Å². The molecule has 2 aromatic carbocycles. The minimum Gasteiger partial charge on any atom is -0.423 e. The molecule has 96 valence electrons. The highest BCUT2D eigenvalue weighted by atomic mass is 79.9. The highest BCUT2D eigenvalue weighted by Crippen LogP contribution is 2.27. The Morgan fingerprint density at radius 1 is 1.05 bits per heavy atom. The Kier molecular flexibility index (Phi) is 3.38. The fourth-order valence-corrected chi connectivity index (χ4v) is 2.85. The van der Waals surface area contributed by atoms with Crippen molar-refractivity contribution in [3.63, 3.8) is 0 Å². The molecular weight excluding hydrogens is 304 g/mol. The second-order valence-corrected chi connectivity index (χ2v) is 5.51. The smallest absolute Gasteiger partial charge is 0.344 e. The van der Waals surface area contributed by atoms with Crippen LogP contribution in [0.1, 0.15) is 27.9 Å². The maximum Gasteiger partial charge on any atom is 0.344 e. The van der Waals surface area contributed by atoms with Gasteiger partial charge in [-0.1, -0.05) is 18.2 Å². The summed E-state index contributed by atoms with van der Waals surface area (Å²) in [6.45, 7) is 0. The van der Waals surface area contributed by atoms with Crippen LogP contribution >= 0.6 is 15.9 Å². The average Bonchev–Trinajstić information content (AvgIpc) is 2.86. The molecule has 0 heterocycles. The second-order valence-electron chi connectivity index (χ2n) is 4.65. The Morgan fingerprint density at radius 2 is 1.84 bits per heavy atom. The Hall–Kier alpha value is -1.61. The van der Waals surface area contributed by atoms with Crippen molar-refractivity contribution in [2.24, 2.45) is 0 Å². The number of fused-ring (bicyclic) bond motifs is 1. The summed E-state index contributed by atoms with van der Waals surface area (Å²) >= 11 is 3.36. The molecule has 0 aromatic heterocycles. The summed E-state index contributed by atoms with van der Waals surface area (Å²) in [5.41, 5.74) is 3.22. The molecule has 0 fully saturated rings. The highest BCUT2D eigenvalue weighted by Gasteiger charge is 2.15. The van der Waals surface area contributed by atoms with Gasteiger partial charge in [0.2, 0.25) is 0 Å². The SMILES string of the molecule is O=C(Oc1ccc2c(c1)CCC2)c1ccccc1Br. The predicted octanol–water partition coefficient (Wildman–Crippen LogP) is 4.16. The molecule has 0 radical (unpaired) electrons. The van der Waals surface area contributed by atoms with Gasteiger partial charge in [0.15, 0.2) is 0 Å². The fourth-order valence-electron chi connectivity index (χ4n) is 2.40. The largest absolute Gasteiger partial charge is 0.423 e. The molecule has 19 heavy (non-hydrogen) atoms. The minimum atomic E-state index is -0.328. The lowest BCUT2D eigenvalue weighted by Gasteiger charge is -2.07. The number of halogens is 1. The van der Waals surface area contributed by atoms with E-state index in [4.69, 9.17) is 4.74 Å². The number of carbonyl (C=O) groups is 1. The van der Waals surface area contributed by atoms with Crippen LogP contribution in [-0.2, 0) is 12.8 Å². The normalized spacial score (nSPS) is 13.1. The predicted molar refractivity (Wildman–Crippen MR) is 77.6 cm³/mol. The lowest BCUT2D eigenvalue weighted by molar-refractivity contribution is 0.0733. The van der Waals surface area contributed by atoms with Gasteiger partial charge in [-0.15, -0.1) is 0 Å². The number of rotatable bonds is 2. The summed E-state index contributed by atoms with van der Waals surface area (Å²) in [6.07, 6.45) is 3.40. The first-order valence-electron chi connectivity index (χ1n) is 6.32. The van der Waals surface area contributed by atoms with Crippen molar-refractivity contribution in [3.8, 4) is 5.75 Å². The summed E-state index contributed by atoms with van der Waals surface area (Å²) in [6, 6.07) is 13.2. The molecule has 3 heteroatoms. The molecule has 0 unspecified atom stereocenters. The first kappa shape index (κ1) is 12.4. The van der Waals surface area contributed by atoms with Crippen molar-refractivity contribution in [2.75, 3.05) is 0 Å². The Bertz CT molecular complexity index is 634. The van der Waals surface area contributed by atoms with E-state index in [0.29, 0.717) is 11.3 Å². The molecule has 0 amide bonds. The number of esters is 1. The summed E-state index contributed by atoms with van der Waals surface area (Å²) in [4.78, 5) is 12.1. The minimum absolute atomic E-state index is 0.328. The molecule has 0 atom stereocenters. The van der Waals surface area contributed by atoms with Gasteiger partial charge in [0.05, 0.1) is 5.56 Å². The third kappa shape index (κ3) is 2.56. The molecule has 0 aliphatic heterocycles. The fraction of sp³-hybridized carbons (Fsp3) is 0.188. The van der Waals surface area contributed by atoms with Crippen molar-refractivity contribution in [3.05, 3.63) is 63.6 Å².